The molecule has 1 fully saturated rings. The molecule has 1 saturated heterocycles. The van der Waals surface area contributed by atoms with Gasteiger partial charge < -0.3 is 14.4 Å². The highest BCUT2D eigenvalue weighted by Gasteiger charge is 2.51. The van der Waals surface area contributed by atoms with Crippen LogP contribution >= 0.6 is 41.6 Å². The molecule has 0 bridgehead atoms. The lowest BCUT2D eigenvalue weighted by atomic mass is 10.3. The van der Waals surface area contributed by atoms with E-state index in [0.717, 1.165) is 5.75 Å². The van der Waals surface area contributed by atoms with Crippen molar-refractivity contribution in [2.24, 2.45) is 0 Å². The highest BCUT2D eigenvalue weighted by molar-refractivity contribution is 14.1. The van der Waals surface area contributed by atoms with Crippen molar-refractivity contribution in [1.29, 1.82) is 0 Å². The molecule has 1 unspecified atom stereocenters. The molecule has 7 heteroatoms. The Bertz CT molecular complexity index is 1260. The average Bonchev–Trinajstić information content (AvgIpc) is 3.38. The molecular formula is C31H30INO3PS+. The second-order valence-electron chi connectivity index (χ2n) is 9.00. The summed E-state index contributed by atoms with van der Waals surface area (Å²) in [6.45, 7) is 1.07. The number of halogens is 1. The molecule has 1 atom stereocenters. The second-order valence-corrected chi connectivity index (χ2v) is 16.4. The molecular weight excluding hydrogens is 624 g/mol. The van der Waals surface area contributed by atoms with E-state index in [1.54, 1.807) is 18.9 Å². The maximum atomic E-state index is 14.4. The van der Waals surface area contributed by atoms with Crippen LogP contribution in [0.25, 0.3) is 0 Å². The van der Waals surface area contributed by atoms with Crippen LogP contribution in [-0.2, 0) is 4.79 Å². The van der Waals surface area contributed by atoms with Crippen LogP contribution in [0.5, 0.6) is 11.5 Å². The lowest BCUT2D eigenvalue weighted by molar-refractivity contribution is -0.129. The van der Waals surface area contributed by atoms with Gasteiger partial charge in [0.15, 0.2) is 20.5 Å². The molecule has 0 saturated carbocycles. The summed E-state index contributed by atoms with van der Waals surface area (Å²) in [7, 11) is -0.631. The van der Waals surface area contributed by atoms with E-state index in [-0.39, 0.29) is 5.91 Å². The van der Waals surface area contributed by atoms with Crippen LogP contribution in [0.15, 0.2) is 115 Å². The standard InChI is InChI=1S/C31H30INO3PS/c1-35-28-19-11-12-20-29(28)36-24-31(32)33(21-22-38-31)30(34)23-37(25-13-5-2-6-14-25,26-15-7-3-8-16-26)27-17-9-4-10-18-27/h2-20H,21-24H2,1H3/q+1. The Kier molecular flexibility index (Phi) is 8.61. The topological polar surface area (TPSA) is 38.8 Å². The van der Waals surface area contributed by atoms with Crippen molar-refractivity contribution in [3.8, 4) is 11.5 Å². The number of para-hydroxylation sites is 2. The van der Waals surface area contributed by atoms with E-state index in [1.807, 2.05) is 47.4 Å². The number of hydrogen-bond acceptors (Lipinski definition) is 4. The first-order chi connectivity index (χ1) is 18.6. The van der Waals surface area contributed by atoms with Gasteiger partial charge in [0.1, 0.15) is 29.8 Å². The molecule has 38 heavy (non-hydrogen) atoms. The third-order valence-corrected chi connectivity index (χ3v) is 14.1. The van der Waals surface area contributed by atoms with Crippen LogP contribution in [0.1, 0.15) is 0 Å². The number of amides is 1. The summed E-state index contributed by atoms with van der Waals surface area (Å²) in [6.07, 6.45) is 0.422. The average molecular weight is 655 g/mol. The van der Waals surface area contributed by atoms with Crippen molar-refractivity contribution in [2.75, 3.05) is 32.2 Å². The van der Waals surface area contributed by atoms with Gasteiger partial charge in [-0.25, -0.2) is 0 Å². The van der Waals surface area contributed by atoms with Gasteiger partial charge in [0.2, 0.25) is 0 Å². The molecule has 4 aromatic carbocycles. The summed E-state index contributed by atoms with van der Waals surface area (Å²) in [6, 6.07) is 39.3. The summed E-state index contributed by atoms with van der Waals surface area (Å²) in [4.78, 5) is 16.4. The van der Waals surface area contributed by atoms with Crippen LogP contribution in [0, 0.1) is 0 Å². The van der Waals surface area contributed by atoms with Gasteiger partial charge in [-0.05, 0) is 71.1 Å². The maximum absolute atomic E-state index is 14.4. The molecule has 5 rings (SSSR count). The third kappa shape index (κ3) is 5.45. The lowest BCUT2D eigenvalue weighted by Crippen LogP contribution is -2.48. The molecule has 1 aliphatic rings. The van der Waals surface area contributed by atoms with E-state index in [1.165, 1.54) is 15.9 Å². The smallest absolute Gasteiger partial charge is 0.263 e. The molecule has 0 spiro atoms. The fourth-order valence-electron chi connectivity index (χ4n) is 4.93. The van der Waals surface area contributed by atoms with Crippen molar-refractivity contribution in [2.45, 2.75) is 2.88 Å². The number of rotatable bonds is 9. The van der Waals surface area contributed by atoms with Crippen LogP contribution < -0.4 is 25.4 Å². The Hall–Kier alpha value is -2.54. The van der Waals surface area contributed by atoms with E-state index < -0.39 is 10.1 Å². The van der Waals surface area contributed by atoms with Crippen molar-refractivity contribution in [3.05, 3.63) is 115 Å². The Morgan fingerprint density at radius 2 is 1.29 bits per heavy atom. The van der Waals surface area contributed by atoms with Gasteiger partial charge in [-0.3, -0.25) is 4.79 Å². The predicted molar refractivity (Wildman–Crippen MR) is 169 cm³/mol. The number of nitrogens with zero attached hydrogens (tertiary/aromatic N) is 1. The number of carbonyl (C=O) groups is 1. The monoisotopic (exact) mass is 654 g/mol. The maximum Gasteiger partial charge on any atom is 0.263 e. The SMILES string of the molecule is COc1ccccc1OCC1(I)SCCN1C(=O)C[P+](c1ccccc1)(c1ccccc1)c1ccccc1. The summed E-state index contributed by atoms with van der Waals surface area (Å²) in [5, 5.41) is 3.63. The van der Waals surface area contributed by atoms with E-state index >= 15 is 0 Å². The van der Waals surface area contributed by atoms with Crippen LogP contribution in [0.4, 0.5) is 0 Å². The zero-order valence-corrected chi connectivity index (χ0v) is 25.1. The molecule has 4 aromatic rings. The number of alkyl halides is 1. The molecule has 0 aromatic heterocycles. The minimum absolute atomic E-state index is 0.151. The first-order valence-electron chi connectivity index (χ1n) is 12.5. The van der Waals surface area contributed by atoms with Crippen LogP contribution in [0.2, 0.25) is 0 Å². The Morgan fingerprint density at radius 1 is 0.816 bits per heavy atom. The zero-order valence-electron chi connectivity index (χ0n) is 21.2. The van der Waals surface area contributed by atoms with Gasteiger partial charge in [-0.1, -0.05) is 66.7 Å². The molecule has 4 nitrogen and oxygen atoms in total. The zero-order chi connectivity index (χ0) is 26.4. The van der Waals surface area contributed by atoms with Gasteiger partial charge in [-0.15, -0.1) is 11.8 Å². The summed E-state index contributed by atoms with van der Waals surface area (Å²) < 4.78 is 11.2. The van der Waals surface area contributed by atoms with Gasteiger partial charge in [0.05, 0.1) is 7.11 Å². The molecule has 1 heterocycles. The number of methoxy groups -OCH3 is 1. The lowest BCUT2D eigenvalue weighted by Gasteiger charge is -2.34. The largest absolute Gasteiger partial charge is 0.493 e. The van der Waals surface area contributed by atoms with Crippen LogP contribution in [-0.4, -0.2) is 45.9 Å². The van der Waals surface area contributed by atoms with Crippen molar-refractivity contribution in [3.63, 3.8) is 0 Å². The molecule has 0 N–H and O–H groups in total. The third-order valence-electron chi connectivity index (χ3n) is 6.78. The minimum atomic E-state index is -2.27. The van der Waals surface area contributed by atoms with E-state index in [9.17, 15) is 4.79 Å². The first-order valence-corrected chi connectivity index (χ1v) is 16.5. The van der Waals surface area contributed by atoms with Gasteiger partial charge >= 0.3 is 0 Å². The molecule has 0 radical (unpaired) electrons. The number of thioether (sulfide) groups is 1. The van der Waals surface area contributed by atoms with Crippen molar-refractivity contribution >= 4 is 63.4 Å². The summed E-state index contributed by atoms with van der Waals surface area (Å²) in [5.74, 6) is 2.40. The quantitative estimate of drug-likeness (QED) is 0.100. The number of benzene rings is 4. The molecule has 0 aliphatic carbocycles. The van der Waals surface area contributed by atoms with Gasteiger partial charge in [-0.2, -0.15) is 0 Å². The highest BCUT2D eigenvalue weighted by atomic mass is 127. The Balaban J connectivity index is 1.51. The fraction of sp³-hybridized carbons (Fsp3) is 0.194. The molecule has 1 amide bonds. The van der Waals surface area contributed by atoms with E-state index in [2.05, 4.69) is 95.4 Å². The van der Waals surface area contributed by atoms with Gasteiger partial charge in [0.25, 0.3) is 5.91 Å². The Morgan fingerprint density at radius 3 is 1.79 bits per heavy atom. The minimum Gasteiger partial charge on any atom is -0.493 e. The first kappa shape index (κ1) is 27.0. The second kappa shape index (κ2) is 12.1. The summed E-state index contributed by atoms with van der Waals surface area (Å²) in [5.41, 5.74) is 0. The van der Waals surface area contributed by atoms with Crippen LogP contribution in [0.3, 0.4) is 0 Å². The predicted octanol–water partition coefficient (Wildman–Crippen LogP) is 5.73. The van der Waals surface area contributed by atoms with Gasteiger partial charge in [0, 0.05) is 12.3 Å². The number of carbonyl (C=O) groups excluding carboxylic acids is 1. The van der Waals surface area contributed by atoms with Crippen molar-refractivity contribution < 1.29 is 14.3 Å². The number of ether oxygens (including phenoxy) is 2. The van der Waals surface area contributed by atoms with Crippen molar-refractivity contribution in [1.82, 2.24) is 4.90 Å². The van der Waals surface area contributed by atoms with E-state index in [4.69, 9.17) is 9.47 Å². The highest BCUT2D eigenvalue weighted by Crippen LogP contribution is 2.56. The summed E-state index contributed by atoms with van der Waals surface area (Å²) >= 11 is 4.17. The normalized spacial score (nSPS) is 17.3. The van der Waals surface area contributed by atoms with E-state index in [0.29, 0.717) is 30.8 Å². The Labute approximate surface area is 243 Å². The number of hydrogen-bond donors (Lipinski definition) is 0. The molecule has 1 aliphatic heterocycles. The fourth-order valence-corrected chi connectivity index (χ4v) is 11.4. The molecule has 194 valence electrons.